The van der Waals surface area contributed by atoms with E-state index in [0.717, 1.165) is 43.4 Å². The first kappa shape index (κ1) is 13.1. The molecular weight excluding hydrogens is 232 g/mol. The Morgan fingerprint density at radius 2 is 1.88 bits per heavy atom. The number of sulfone groups is 1. The van der Waals surface area contributed by atoms with E-state index in [1.807, 2.05) is 6.08 Å². The van der Waals surface area contributed by atoms with E-state index in [2.05, 4.69) is 13.8 Å². The van der Waals surface area contributed by atoms with Gasteiger partial charge in [-0.15, -0.1) is 0 Å². The molecule has 0 aliphatic heterocycles. The summed E-state index contributed by atoms with van der Waals surface area (Å²) in [5.74, 6) is 1.01. The smallest absolute Gasteiger partial charge is 0.177 e. The summed E-state index contributed by atoms with van der Waals surface area (Å²) in [6.07, 6.45) is 8.98. The SMILES string of the molecule is CC1C=C(S(=O)(=O)C2CCCC(C)C2)CCC1. The van der Waals surface area contributed by atoms with Gasteiger partial charge >= 0.3 is 0 Å². The lowest BCUT2D eigenvalue weighted by Gasteiger charge is -2.29. The molecule has 2 aliphatic carbocycles. The van der Waals surface area contributed by atoms with Crippen LogP contribution in [0.3, 0.4) is 0 Å². The van der Waals surface area contributed by atoms with Gasteiger partial charge in [-0.1, -0.05) is 32.8 Å². The highest BCUT2D eigenvalue weighted by molar-refractivity contribution is 7.95. The molecule has 3 atom stereocenters. The van der Waals surface area contributed by atoms with Crippen LogP contribution in [0.5, 0.6) is 0 Å². The first-order valence-electron chi connectivity index (χ1n) is 6.94. The standard InChI is InChI=1S/C14H24O2S/c1-11-5-3-7-13(9-11)17(15,16)14-8-4-6-12(2)10-14/h9,11-12,14H,3-8,10H2,1-2H3. The maximum absolute atomic E-state index is 12.6. The molecule has 1 fully saturated rings. The lowest BCUT2D eigenvalue weighted by molar-refractivity contribution is 0.382. The van der Waals surface area contributed by atoms with Crippen molar-refractivity contribution in [2.45, 2.75) is 64.0 Å². The quantitative estimate of drug-likeness (QED) is 0.755. The maximum Gasteiger partial charge on any atom is 0.177 e. The van der Waals surface area contributed by atoms with Gasteiger partial charge in [0.25, 0.3) is 0 Å². The highest BCUT2D eigenvalue weighted by Crippen LogP contribution is 2.35. The van der Waals surface area contributed by atoms with E-state index < -0.39 is 9.84 Å². The van der Waals surface area contributed by atoms with Gasteiger partial charge in [-0.05, 0) is 43.9 Å². The number of rotatable bonds is 2. The minimum absolute atomic E-state index is 0.0946. The zero-order valence-electron chi connectivity index (χ0n) is 11.0. The summed E-state index contributed by atoms with van der Waals surface area (Å²) in [5.41, 5.74) is 0. The average Bonchev–Trinajstić information content (AvgIpc) is 2.29. The summed E-state index contributed by atoms with van der Waals surface area (Å²) in [6, 6.07) is 0. The van der Waals surface area contributed by atoms with E-state index in [9.17, 15) is 8.42 Å². The highest BCUT2D eigenvalue weighted by atomic mass is 32.2. The molecular formula is C14H24O2S. The molecule has 0 amide bonds. The van der Waals surface area contributed by atoms with E-state index in [1.54, 1.807) is 0 Å². The molecule has 17 heavy (non-hydrogen) atoms. The molecule has 0 aromatic carbocycles. The van der Waals surface area contributed by atoms with Gasteiger partial charge in [0.2, 0.25) is 0 Å². The average molecular weight is 256 g/mol. The summed E-state index contributed by atoms with van der Waals surface area (Å²) < 4.78 is 25.1. The second-order valence-electron chi connectivity index (χ2n) is 5.94. The van der Waals surface area contributed by atoms with Crippen LogP contribution in [0.25, 0.3) is 0 Å². The fourth-order valence-corrected chi connectivity index (χ4v) is 5.53. The zero-order chi connectivity index (χ0) is 12.5. The summed E-state index contributed by atoms with van der Waals surface area (Å²) in [5, 5.41) is -0.0946. The van der Waals surface area contributed by atoms with Crippen LogP contribution in [0.15, 0.2) is 11.0 Å². The van der Waals surface area contributed by atoms with E-state index in [4.69, 9.17) is 0 Å². The van der Waals surface area contributed by atoms with E-state index >= 15 is 0 Å². The van der Waals surface area contributed by atoms with Crippen molar-refractivity contribution in [1.82, 2.24) is 0 Å². The van der Waals surface area contributed by atoms with Crippen molar-refractivity contribution >= 4 is 9.84 Å². The van der Waals surface area contributed by atoms with Crippen LogP contribution in [0.1, 0.15) is 58.8 Å². The van der Waals surface area contributed by atoms with Crippen LogP contribution in [-0.4, -0.2) is 13.7 Å². The fraction of sp³-hybridized carbons (Fsp3) is 0.857. The minimum atomic E-state index is -2.99. The Kier molecular flexibility index (Phi) is 3.96. The first-order valence-corrected chi connectivity index (χ1v) is 8.49. The lowest BCUT2D eigenvalue weighted by Crippen LogP contribution is -2.29. The van der Waals surface area contributed by atoms with Gasteiger partial charge in [-0.2, -0.15) is 0 Å². The van der Waals surface area contributed by atoms with Gasteiger partial charge < -0.3 is 0 Å². The van der Waals surface area contributed by atoms with Gasteiger partial charge in [0.15, 0.2) is 9.84 Å². The molecule has 2 nitrogen and oxygen atoms in total. The predicted molar refractivity (Wildman–Crippen MR) is 71.4 cm³/mol. The van der Waals surface area contributed by atoms with E-state index in [0.29, 0.717) is 11.8 Å². The van der Waals surface area contributed by atoms with Gasteiger partial charge in [0.05, 0.1) is 5.25 Å². The Morgan fingerprint density at radius 3 is 2.53 bits per heavy atom. The molecule has 0 radical (unpaired) electrons. The van der Waals surface area contributed by atoms with Crippen LogP contribution in [0.4, 0.5) is 0 Å². The van der Waals surface area contributed by atoms with E-state index in [1.165, 1.54) is 6.42 Å². The van der Waals surface area contributed by atoms with Gasteiger partial charge in [0, 0.05) is 4.91 Å². The van der Waals surface area contributed by atoms with Crippen molar-refractivity contribution < 1.29 is 8.42 Å². The summed E-state index contributed by atoms with van der Waals surface area (Å²) in [7, 11) is -2.99. The van der Waals surface area contributed by atoms with Crippen molar-refractivity contribution in [3.63, 3.8) is 0 Å². The molecule has 3 unspecified atom stereocenters. The number of hydrogen-bond donors (Lipinski definition) is 0. The molecule has 0 aromatic rings. The normalized spacial score (nSPS) is 35.4. The van der Waals surface area contributed by atoms with Crippen molar-refractivity contribution in [1.29, 1.82) is 0 Å². The number of hydrogen-bond acceptors (Lipinski definition) is 2. The molecule has 0 spiro atoms. The minimum Gasteiger partial charge on any atom is -0.224 e. The second-order valence-corrected chi connectivity index (χ2v) is 8.22. The van der Waals surface area contributed by atoms with Crippen molar-refractivity contribution in [3.8, 4) is 0 Å². The fourth-order valence-electron chi connectivity index (χ4n) is 3.19. The van der Waals surface area contributed by atoms with Crippen LogP contribution in [-0.2, 0) is 9.84 Å². The molecule has 0 bridgehead atoms. The third-order valence-electron chi connectivity index (χ3n) is 4.25. The van der Waals surface area contributed by atoms with Crippen molar-refractivity contribution in [2.75, 3.05) is 0 Å². The molecule has 0 saturated heterocycles. The Bertz CT molecular complexity index is 394. The van der Waals surface area contributed by atoms with Crippen LogP contribution < -0.4 is 0 Å². The van der Waals surface area contributed by atoms with Crippen LogP contribution in [0.2, 0.25) is 0 Å². The molecule has 0 heterocycles. The summed E-state index contributed by atoms with van der Waals surface area (Å²) >= 11 is 0. The Balaban J connectivity index is 2.17. The van der Waals surface area contributed by atoms with Crippen molar-refractivity contribution in [3.05, 3.63) is 11.0 Å². The van der Waals surface area contributed by atoms with Crippen LogP contribution in [0, 0.1) is 11.8 Å². The molecule has 0 N–H and O–H groups in total. The molecule has 2 aliphatic rings. The first-order chi connectivity index (χ1) is 8.00. The van der Waals surface area contributed by atoms with Gasteiger partial charge in [-0.25, -0.2) is 8.42 Å². The summed E-state index contributed by atoms with van der Waals surface area (Å²) in [4.78, 5) is 0.746. The Labute approximate surface area is 105 Å². The molecule has 3 heteroatoms. The monoisotopic (exact) mass is 256 g/mol. The molecule has 2 rings (SSSR count). The second kappa shape index (κ2) is 5.13. The van der Waals surface area contributed by atoms with E-state index in [-0.39, 0.29) is 5.25 Å². The third-order valence-corrected chi connectivity index (χ3v) is 6.62. The lowest BCUT2D eigenvalue weighted by atomic mass is 9.90. The summed E-state index contributed by atoms with van der Waals surface area (Å²) in [6.45, 7) is 4.30. The van der Waals surface area contributed by atoms with Crippen LogP contribution >= 0.6 is 0 Å². The predicted octanol–water partition coefficient (Wildman–Crippen LogP) is 3.68. The molecule has 98 valence electrons. The number of allylic oxidation sites excluding steroid dienone is 2. The Morgan fingerprint density at radius 1 is 1.12 bits per heavy atom. The third kappa shape index (κ3) is 2.93. The maximum atomic E-state index is 12.6. The highest BCUT2D eigenvalue weighted by Gasteiger charge is 2.33. The largest absolute Gasteiger partial charge is 0.224 e. The molecule has 1 saturated carbocycles. The van der Waals surface area contributed by atoms with Gasteiger partial charge in [-0.3, -0.25) is 0 Å². The topological polar surface area (TPSA) is 34.1 Å². The van der Waals surface area contributed by atoms with Gasteiger partial charge in [0.1, 0.15) is 0 Å². The van der Waals surface area contributed by atoms with Crippen molar-refractivity contribution in [2.24, 2.45) is 11.8 Å². The zero-order valence-corrected chi connectivity index (χ0v) is 11.8. The Hall–Kier alpha value is -0.310. The molecule has 0 aromatic heterocycles.